The Morgan fingerprint density at radius 2 is 1.96 bits per heavy atom. The monoisotopic (exact) mass is 382 g/mol. The molecule has 148 valence electrons. The third kappa shape index (κ3) is 3.55. The number of hydrogen-bond donors (Lipinski definition) is 1. The van der Waals surface area contributed by atoms with Gasteiger partial charge >= 0.3 is 5.97 Å². The molecule has 0 radical (unpaired) electrons. The molecule has 2 fully saturated rings. The summed E-state index contributed by atoms with van der Waals surface area (Å²) in [6, 6.07) is 9.16. The van der Waals surface area contributed by atoms with Crippen LogP contribution < -0.4 is 0 Å². The summed E-state index contributed by atoms with van der Waals surface area (Å²) >= 11 is 0. The summed E-state index contributed by atoms with van der Waals surface area (Å²) in [7, 11) is 0. The zero-order chi connectivity index (χ0) is 19.7. The molecule has 0 unspecified atom stereocenters. The molecule has 1 aromatic carbocycles. The van der Waals surface area contributed by atoms with Gasteiger partial charge < -0.3 is 14.4 Å². The minimum absolute atomic E-state index is 0.0773. The van der Waals surface area contributed by atoms with Crippen molar-refractivity contribution in [3.05, 3.63) is 41.9 Å². The lowest BCUT2D eigenvalue weighted by atomic mass is 9.84. The van der Waals surface area contributed by atoms with Crippen molar-refractivity contribution in [2.75, 3.05) is 0 Å². The van der Waals surface area contributed by atoms with Crippen LogP contribution in [0.25, 0.3) is 11.3 Å². The van der Waals surface area contributed by atoms with Gasteiger partial charge in [0.05, 0.1) is 5.69 Å². The third-order valence-corrected chi connectivity index (χ3v) is 6.09. The Labute approximate surface area is 164 Å². The summed E-state index contributed by atoms with van der Waals surface area (Å²) in [5.74, 6) is 0.586. The first-order valence-corrected chi connectivity index (χ1v) is 10.1. The maximum absolute atomic E-state index is 12.9. The van der Waals surface area contributed by atoms with E-state index in [1.807, 2.05) is 37.3 Å². The fraction of sp³-hybridized carbons (Fsp3) is 0.500. The second kappa shape index (κ2) is 7.78. The number of carboxylic acid groups (broad SMARTS) is 1. The minimum atomic E-state index is -0.888. The van der Waals surface area contributed by atoms with Crippen LogP contribution in [-0.2, 0) is 16.0 Å². The van der Waals surface area contributed by atoms with Crippen LogP contribution in [0.5, 0.6) is 0 Å². The maximum Gasteiger partial charge on any atom is 0.326 e. The topological polar surface area (TPSA) is 83.6 Å². The van der Waals surface area contributed by atoms with Crippen molar-refractivity contribution < 1.29 is 19.1 Å². The predicted molar refractivity (Wildman–Crippen MR) is 104 cm³/mol. The number of fused-ring (bicyclic) bond motifs is 1. The van der Waals surface area contributed by atoms with Crippen molar-refractivity contribution in [3.63, 3.8) is 0 Å². The number of carbonyl (C=O) groups excluding carboxylic acids is 1. The number of aromatic nitrogens is 1. The first kappa shape index (κ1) is 18.7. The fourth-order valence-electron chi connectivity index (χ4n) is 4.80. The van der Waals surface area contributed by atoms with E-state index in [0.29, 0.717) is 24.7 Å². The summed E-state index contributed by atoms with van der Waals surface area (Å²) in [5, 5.41) is 9.61. The van der Waals surface area contributed by atoms with E-state index in [-0.39, 0.29) is 18.4 Å². The maximum atomic E-state index is 12.9. The summed E-state index contributed by atoms with van der Waals surface area (Å²) < 4.78 is 5.90. The van der Waals surface area contributed by atoms with Crippen molar-refractivity contribution in [1.82, 2.24) is 9.88 Å². The molecule has 6 heteroatoms. The van der Waals surface area contributed by atoms with Crippen LogP contribution in [0.4, 0.5) is 0 Å². The van der Waals surface area contributed by atoms with Crippen LogP contribution >= 0.6 is 0 Å². The highest BCUT2D eigenvalue weighted by Gasteiger charge is 2.47. The molecule has 0 spiro atoms. The van der Waals surface area contributed by atoms with Gasteiger partial charge in [0.2, 0.25) is 5.91 Å². The van der Waals surface area contributed by atoms with E-state index in [1.165, 1.54) is 0 Å². The third-order valence-electron chi connectivity index (χ3n) is 6.09. The van der Waals surface area contributed by atoms with Gasteiger partial charge in [-0.2, -0.15) is 0 Å². The number of oxazole rings is 1. The van der Waals surface area contributed by atoms with E-state index in [2.05, 4.69) is 4.98 Å². The number of aryl methyl sites for hydroxylation is 2. The molecule has 1 amide bonds. The van der Waals surface area contributed by atoms with Crippen LogP contribution in [0.1, 0.15) is 50.1 Å². The first-order valence-electron chi connectivity index (χ1n) is 10.1. The number of benzene rings is 1. The van der Waals surface area contributed by atoms with Gasteiger partial charge in [-0.25, -0.2) is 9.78 Å². The average Bonchev–Trinajstić information content (AvgIpc) is 3.27. The van der Waals surface area contributed by atoms with Crippen molar-refractivity contribution >= 4 is 11.9 Å². The number of likely N-dealkylation sites (tertiary alicyclic amines) is 1. The van der Waals surface area contributed by atoms with Crippen LogP contribution in [0.2, 0.25) is 0 Å². The standard InChI is InChI=1S/C22H26N2O4/c1-14-21(15-7-3-2-4-8-15)28-19(23-14)11-12-20(25)24-17-10-6-5-9-16(17)13-18(24)22(26)27/h2-4,7-8,16-18H,5-6,9-13H2,1H3,(H,26,27)/t16-,17+,18-/m0/s1. The van der Waals surface area contributed by atoms with Crippen molar-refractivity contribution in [2.24, 2.45) is 5.92 Å². The molecular formula is C22H26N2O4. The van der Waals surface area contributed by atoms with E-state index in [0.717, 1.165) is 42.7 Å². The molecule has 6 nitrogen and oxygen atoms in total. The lowest BCUT2D eigenvalue weighted by Crippen LogP contribution is -2.46. The number of nitrogens with zero attached hydrogens (tertiary/aromatic N) is 2. The summed E-state index contributed by atoms with van der Waals surface area (Å²) in [6.45, 7) is 1.89. The van der Waals surface area contributed by atoms with Gasteiger partial charge in [-0.3, -0.25) is 4.79 Å². The molecular weight excluding hydrogens is 356 g/mol. The predicted octanol–water partition coefficient (Wildman–Crippen LogP) is 3.83. The van der Waals surface area contributed by atoms with Gasteiger partial charge in [-0.15, -0.1) is 0 Å². The van der Waals surface area contributed by atoms with E-state index in [4.69, 9.17) is 4.42 Å². The Kier molecular flexibility index (Phi) is 5.20. The lowest BCUT2D eigenvalue weighted by molar-refractivity contribution is -0.149. The van der Waals surface area contributed by atoms with Gasteiger partial charge in [0, 0.05) is 24.4 Å². The van der Waals surface area contributed by atoms with Crippen molar-refractivity contribution in [3.8, 4) is 11.3 Å². The SMILES string of the molecule is Cc1nc(CCC(=O)N2[C@@H]3CCCC[C@H]3C[C@H]2C(=O)O)oc1-c1ccccc1. The van der Waals surface area contributed by atoms with Gasteiger partial charge in [-0.05, 0) is 32.1 Å². The van der Waals surface area contributed by atoms with Crippen LogP contribution in [-0.4, -0.2) is 39.0 Å². The Morgan fingerprint density at radius 3 is 2.71 bits per heavy atom. The average molecular weight is 382 g/mol. The fourth-order valence-corrected chi connectivity index (χ4v) is 4.80. The second-order valence-electron chi connectivity index (χ2n) is 7.89. The Morgan fingerprint density at radius 1 is 1.21 bits per heavy atom. The molecule has 4 rings (SSSR count). The van der Waals surface area contributed by atoms with Crippen molar-refractivity contribution in [2.45, 2.75) is 64.0 Å². The molecule has 1 aliphatic heterocycles. The van der Waals surface area contributed by atoms with Gasteiger partial charge in [-0.1, -0.05) is 43.2 Å². The molecule has 2 heterocycles. The number of amides is 1. The molecule has 0 bridgehead atoms. The summed E-state index contributed by atoms with van der Waals surface area (Å²) in [5.41, 5.74) is 1.76. The highest BCUT2D eigenvalue weighted by atomic mass is 16.4. The number of hydrogen-bond acceptors (Lipinski definition) is 4. The smallest absolute Gasteiger partial charge is 0.326 e. The van der Waals surface area contributed by atoms with Crippen LogP contribution in [0.15, 0.2) is 34.7 Å². The number of aliphatic carboxylic acids is 1. The van der Waals surface area contributed by atoms with Gasteiger partial charge in [0.15, 0.2) is 11.7 Å². The summed E-state index contributed by atoms with van der Waals surface area (Å²) in [6.07, 6.45) is 5.33. The molecule has 2 aliphatic rings. The first-order chi connectivity index (χ1) is 13.5. The highest BCUT2D eigenvalue weighted by molar-refractivity contribution is 5.85. The van der Waals surface area contributed by atoms with Gasteiger partial charge in [0.25, 0.3) is 0 Å². The number of rotatable bonds is 5. The number of carboxylic acids is 1. The Hall–Kier alpha value is -2.63. The zero-order valence-corrected chi connectivity index (χ0v) is 16.1. The molecule has 3 atom stereocenters. The van der Waals surface area contributed by atoms with E-state index < -0.39 is 12.0 Å². The van der Waals surface area contributed by atoms with Crippen molar-refractivity contribution in [1.29, 1.82) is 0 Å². The Bertz CT molecular complexity index is 861. The van der Waals surface area contributed by atoms with Gasteiger partial charge in [0.1, 0.15) is 6.04 Å². The Balaban J connectivity index is 1.46. The van der Waals surface area contributed by atoms with E-state index in [1.54, 1.807) is 4.90 Å². The molecule has 1 N–H and O–H groups in total. The largest absolute Gasteiger partial charge is 0.480 e. The quantitative estimate of drug-likeness (QED) is 0.850. The molecule has 1 aromatic heterocycles. The minimum Gasteiger partial charge on any atom is -0.480 e. The molecule has 1 aliphatic carbocycles. The second-order valence-corrected chi connectivity index (χ2v) is 7.89. The normalized spacial score (nSPS) is 24.2. The highest BCUT2D eigenvalue weighted by Crippen LogP contribution is 2.40. The lowest BCUT2D eigenvalue weighted by Gasteiger charge is -2.33. The van der Waals surface area contributed by atoms with E-state index >= 15 is 0 Å². The molecule has 28 heavy (non-hydrogen) atoms. The van der Waals surface area contributed by atoms with E-state index in [9.17, 15) is 14.7 Å². The molecule has 2 aromatic rings. The van der Waals surface area contributed by atoms with Crippen LogP contribution in [0, 0.1) is 12.8 Å². The summed E-state index contributed by atoms with van der Waals surface area (Å²) in [4.78, 5) is 30.8. The zero-order valence-electron chi connectivity index (χ0n) is 16.1. The molecule has 1 saturated carbocycles. The molecule has 1 saturated heterocycles. The number of carbonyl (C=O) groups is 2. The van der Waals surface area contributed by atoms with Crippen LogP contribution in [0.3, 0.4) is 0 Å².